The number of aliphatic hydroxyl groups is 1. The molecule has 0 aliphatic heterocycles. The van der Waals surface area contributed by atoms with Gasteiger partial charge >= 0.3 is 13.8 Å². The summed E-state index contributed by atoms with van der Waals surface area (Å²) in [5.41, 5.74) is 0. The molecule has 0 unspecified atom stereocenters. The van der Waals surface area contributed by atoms with Gasteiger partial charge in [-0.1, -0.05) is 272 Å². The predicted molar refractivity (Wildman–Crippen MR) is 317 cm³/mol. The fraction of sp³-hybridized carbons (Fsp3) is 0.984. The molecule has 0 fully saturated rings. The Morgan fingerprint density at radius 2 is 0.616 bits per heavy atom. The van der Waals surface area contributed by atoms with Crippen molar-refractivity contribution in [2.24, 2.45) is 0 Å². The summed E-state index contributed by atoms with van der Waals surface area (Å²) >= 11 is 0. The van der Waals surface area contributed by atoms with E-state index in [0.717, 1.165) is 103 Å². The first-order chi connectivity index (χ1) is 35.9. The summed E-state index contributed by atoms with van der Waals surface area (Å²) in [6.07, 6.45) is 61.8. The number of ether oxygens (including phenoxy) is 1. The van der Waals surface area contributed by atoms with Crippen LogP contribution in [0.3, 0.4) is 0 Å². The quantitative estimate of drug-likeness (QED) is 0.0366. The smallest absolute Gasteiger partial charge is 0.462 e. The molecule has 0 aromatic carbocycles. The van der Waals surface area contributed by atoms with Crippen molar-refractivity contribution in [2.45, 2.75) is 361 Å². The number of esters is 1. The van der Waals surface area contributed by atoms with Crippen molar-refractivity contribution in [3.8, 4) is 0 Å². The average Bonchev–Trinajstić information content (AvgIpc) is 3.39. The van der Waals surface area contributed by atoms with E-state index in [1.165, 1.54) is 238 Å². The van der Waals surface area contributed by atoms with Gasteiger partial charge in [0.15, 0.2) is 0 Å². The molecule has 0 saturated heterocycles. The number of rotatable bonds is 64. The van der Waals surface area contributed by atoms with Crippen molar-refractivity contribution in [1.82, 2.24) is 4.90 Å². The van der Waals surface area contributed by atoms with Gasteiger partial charge in [0.1, 0.15) is 6.10 Å². The van der Waals surface area contributed by atoms with E-state index < -0.39 is 7.82 Å². The molecule has 9 heteroatoms. The Morgan fingerprint density at radius 3 is 0.932 bits per heavy atom. The van der Waals surface area contributed by atoms with Crippen LogP contribution in [-0.2, 0) is 27.7 Å². The minimum Gasteiger partial charge on any atom is -0.462 e. The lowest BCUT2D eigenvalue weighted by Crippen LogP contribution is -2.27. The third-order valence-electron chi connectivity index (χ3n) is 15.2. The van der Waals surface area contributed by atoms with Crippen LogP contribution >= 0.6 is 7.82 Å². The number of phosphoric acid groups is 1. The molecule has 0 aromatic rings. The van der Waals surface area contributed by atoms with Gasteiger partial charge in [0.05, 0.1) is 19.8 Å². The highest BCUT2D eigenvalue weighted by atomic mass is 31.2. The second-order valence-corrected chi connectivity index (χ2v) is 24.2. The van der Waals surface area contributed by atoms with Gasteiger partial charge in [-0.15, -0.1) is 0 Å². The SMILES string of the molecule is CCCCCCCCCCCOP(=O)(OCCCCCCCCCCC)OCCCCCCCN(CCCCO)CCCCCCCC(=O)OC(CCCCCCCCCCC)CCCCCCCCCCC. The maximum absolute atomic E-state index is 13.7. The van der Waals surface area contributed by atoms with Gasteiger partial charge in [-0.05, 0) is 96.7 Å². The molecular weight excluding hydrogens is 926 g/mol. The van der Waals surface area contributed by atoms with E-state index in [1.54, 1.807) is 0 Å². The molecule has 0 aliphatic carbocycles. The Labute approximate surface area is 456 Å². The first kappa shape index (κ1) is 72.5. The number of hydrogen-bond donors (Lipinski definition) is 1. The fourth-order valence-corrected chi connectivity index (χ4v) is 11.5. The van der Waals surface area contributed by atoms with Crippen LogP contribution in [0.1, 0.15) is 355 Å². The zero-order chi connectivity index (χ0) is 53.1. The number of carbonyl (C=O) groups is 1. The van der Waals surface area contributed by atoms with E-state index in [2.05, 4.69) is 32.6 Å². The first-order valence-electron chi connectivity index (χ1n) is 33.0. The van der Waals surface area contributed by atoms with Crippen molar-refractivity contribution in [1.29, 1.82) is 0 Å². The van der Waals surface area contributed by atoms with Gasteiger partial charge in [-0.3, -0.25) is 18.4 Å². The topological polar surface area (TPSA) is 94.5 Å². The fourth-order valence-electron chi connectivity index (χ4n) is 10.2. The molecule has 0 radical (unpaired) electrons. The van der Waals surface area contributed by atoms with E-state index >= 15 is 0 Å². The number of phosphoric ester groups is 1. The Balaban J connectivity index is 4.57. The number of unbranched alkanes of at least 4 members (excludes halogenated alkanes) is 41. The molecule has 73 heavy (non-hydrogen) atoms. The molecule has 0 bridgehead atoms. The molecular formula is C64H130NO7P. The third-order valence-corrected chi connectivity index (χ3v) is 16.7. The maximum Gasteiger partial charge on any atom is 0.474 e. The van der Waals surface area contributed by atoms with E-state index in [0.29, 0.717) is 26.2 Å². The number of aliphatic hydroxyl groups excluding tert-OH is 1. The number of nitrogens with zero attached hydrogens (tertiary/aromatic N) is 1. The summed E-state index contributed by atoms with van der Waals surface area (Å²) in [5.74, 6) is 0.0293. The van der Waals surface area contributed by atoms with Gasteiger partial charge in [0.25, 0.3) is 0 Å². The van der Waals surface area contributed by atoms with E-state index in [4.69, 9.17) is 18.3 Å². The number of hydrogen-bond acceptors (Lipinski definition) is 8. The summed E-state index contributed by atoms with van der Waals surface area (Å²) in [5, 5.41) is 9.44. The zero-order valence-electron chi connectivity index (χ0n) is 49.9. The van der Waals surface area contributed by atoms with Crippen LogP contribution in [-0.4, -0.2) is 68.1 Å². The average molecular weight is 1060 g/mol. The molecule has 0 heterocycles. The predicted octanol–water partition coefficient (Wildman–Crippen LogP) is 21.3. The third kappa shape index (κ3) is 56.0. The van der Waals surface area contributed by atoms with Crippen LogP contribution in [0.15, 0.2) is 0 Å². The molecule has 0 aliphatic rings. The van der Waals surface area contributed by atoms with E-state index in [1.807, 2.05) is 0 Å². The lowest BCUT2D eigenvalue weighted by Gasteiger charge is -2.22. The molecule has 0 rings (SSSR count). The van der Waals surface area contributed by atoms with E-state index in [-0.39, 0.29) is 18.7 Å². The molecule has 0 saturated carbocycles. The Hall–Kier alpha value is -0.500. The van der Waals surface area contributed by atoms with Gasteiger partial charge in [0.2, 0.25) is 0 Å². The lowest BCUT2D eigenvalue weighted by molar-refractivity contribution is -0.150. The molecule has 0 amide bonds. The number of carbonyl (C=O) groups excluding carboxylic acids is 1. The maximum atomic E-state index is 13.7. The van der Waals surface area contributed by atoms with Gasteiger partial charge in [0, 0.05) is 13.0 Å². The summed E-state index contributed by atoms with van der Waals surface area (Å²) in [6, 6.07) is 0. The highest BCUT2D eigenvalue weighted by Gasteiger charge is 2.26. The van der Waals surface area contributed by atoms with Crippen molar-refractivity contribution in [3.05, 3.63) is 0 Å². The highest BCUT2D eigenvalue weighted by Crippen LogP contribution is 2.50. The second kappa shape index (κ2) is 60.7. The largest absolute Gasteiger partial charge is 0.474 e. The molecule has 438 valence electrons. The molecule has 8 nitrogen and oxygen atoms in total. The highest BCUT2D eigenvalue weighted by molar-refractivity contribution is 7.48. The van der Waals surface area contributed by atoms with Gasteiger partial charge in [-0.2, -0.15) is 0 Å². The lowest BCUT2D eigenvalue weighted by atomic mass is 10.0. The van der Waals surface area contributed by atoms with Crippen LogP contribution in [0, 0.1) is 0 Å². The first-order valence-corrected chi connectivity index (χ1v) is 34.5. The second-order valence-electron chi connectivity index (χ2n) is 22.5. The van der Waals surface area contributed by atoms with Crippen molar-refractivity contribution < 1.29 is 32.8 Å². The summed E-state index contributed by atoms with van der Waals surface area (Å²) in [7, 11) is -3.55. The van der Waals surface area contributed by atoms with Gasteiger partial charge in [-0.25, -0.2) is 4.57 Å². The van der Waals surface area contributed by atoms with Crippen LogP contribution in [0.5, 0.6) is 0 Å². The summed E-state index contributed by atoms with van der Waals surface area (Å²) in [6.45, 7) is 13.9. The van der Waals surface area contributed by atoms with Crippen LogP contribution in [0.25, 0.3) is 0 Å². The van der Waals surface area contributed by atoms with Crippen molar-refractivity contribution in [3.63, 3.8) is 0 Å². The van der Waals surface area contributed by atoms with Crippen LogP contribution < -0.4 is 0 Å². The Kier molecular flexibility index (Phi) is 60.3. The normalized spacial score (nSPS) is 12.0. The standard InChI is InChI=1S/C64H130NO7P/c1-5-9-13-17-21-25-29-35-43-53-63(54-44-36-30-26-22-18-14-10-6-2)72-64(67)55-45-37-33-38-46-56-65(58-48-49-59-66)57-47-39-34-42-52-62-71-73(68,69-60-50-40-31-27-23-19-15-11-7-3)70-61-51-41-32-28-24-20-16-12-8-4/h63,66H,5-62H2,1-4H3. The summed E-state index contributed by atoms with van der Waals surface area (Å²) < 4.78 is 37.5. The zero-order valence-corrected chi connectivity index (χ0v) is 50.8. The van der Waals surface area contributed by atoms with Crippen molar-refractivity contribution in [2.75, 3.05) is 46.1 Å². The Morgan fingerprint density at radius 1 is 0.356 bits per heavy atom. The van der Waals surface area contributed by atoms with Gasteiger partial charge < -0.3 is 14.7 Å². The van der Waals surface area contributed by atoms with Crippen molar-refractivity contribution >= 4 is 13.8 Å². The minimum absolute atomic E-state index is 0.0293. The molecule has 0 atom stereocenters. The molecule has 0 spiro atoms. The van der Waals surface area contributed by atoms with E-state index in [9.17, 15) is 14.5 Å². The van der Waals surface area contributed by atoms with Crippen LogP contribution in [0.2, 0.25) is 0 Å². The Bertz CT molecular complexity index is 1060. The summed E-state index contributed by atoms with van der Waals surface area (Å²) in [4.78, 5) is 15.6. The van der Waals surface area contributed by atoms with Crippen LogP contribution in [0.4, 0.5) is 0 Å². The molecule has 1 N–H and O–H groups in total. The monoisotopic (exact) mass is 1060 g/mol. The minimum atomic E-state index is -3.55. The molecule has 0 aromatic heterocycles.